The maximum Gasteiger partial charge on any atom is 0.261 e. The predicted molar refractivity (Wildman–Crippen MR) is 85.8 cm³/mol. The molecule has 22 heavy (non-hydrogen) atoms. The number of nitrogens with zero attached hydrogens (tertiary/aromatic N) is 1. The van der Waals surface area contributed by atoms with Crippen LogP contribution in [0.3, 0.4) is 0 Å². The Morgan fingerprint density at radius 3 is 2.64 bits per heavy atom. The van der Waals surface area contributed by atoms with Gasteiger partial charge in [-0.2, -0.15) is 0 Å². The molecule has 1 atom stereocenters. The minimum Gasteiger partial charge on any atom is -0.484 e. The minimum atomic E-state index is -0.0315. The van der Waals surface area contributed by atoms with E-state index in [4.69, 9.17) is 4.74 Å². The van der Waals surface area contributed by atoms with Crippen molar-refractivity contribution in [1.82, 2.24) is 4.90 Å². The third-order valence-corrected chi connectivity index (χ3v) is 3.62. The molecule has 1 heterocycles. The van der Waals surface area contributed by atoms with Gasteiger partial charge in [-0.25, -0.2) is 0 Å². The van der Waals surface area contributed by atoms with E-state index in [0.29, 0.717) is 18.7 Å². The molecule has 0 aromatic heterocycles. The summed E-state index contributed by atoms with van der Waals surface area (Å²) < 4.78 is 5.53. The van der Waals surface area contributed by atoms with Crippen molar-refractivity contribution in [1.29, 1.82) is 0 Å². The van der Waals surface area contributed by atoms with Gasteiger partial charge in [-0.15, -0.1) is 0 Å². The quantitative estimate of drug-likeness (QED) is 0.822. The Bertz CT molecular complexity index is 552. The number of carbonyl (C=O) groups is 2. The van der Waals surface area contributed by atoms with E-state index in [-0.39, 0.29) is 24.5 Å². The Hall–Kier alpha value is -2.30. The van der Waals surface area contributed by atoms with Gasteiger partial charge in [0.05, 0.1) is 6.04 Å². The summed E-state index contributed by atoms with van der Waals surface area (Å²) in [6.07, 6.45) is 5.42. The molecule has 0 saturated carbocycles. The first kappa shape index (κ1) is 16.1. The van der Waals surface area contributed by atoms with Crippen LogP contribution in [-0.4, -0.2) is 35.9 Å². The molecular weight excluding hydrogens is 280 g/mol. The van der Waals surface area contributed by atoms with Gasteiger partial charge in [0.2, 0.25) is 5.91 Å². The highest BCUT2D eigenvalue weighted by atomic mass is 16.5. The molecule has 1 N–H and O–H groups in total. The average molecular weight is 302 g/mol. The molecule has 2 amide bonds. The molecule has 118 valence electrons. The highest BCUT2D eigenvalue weighted by molar-refractivity contribution is 5.90. The van der Waals surface area contributed by atoms with E-state index in [2.05, 4.69) is 18.3 Å². The summed E-state index contributed by atoms with van der Waals surface area (Å²) in [6.45, 7) is 4.54. The lowest BCUT2D eigenvalue weighted by Gasteiger charge is -2.23. The van der Waals surface area contributed by atoms with Crippen molar-refractivity contribution >= 4 is 17.5 Å². The van der Waals surface area contributed by atoms with E-state index in [0.717, 1.165) is 12.1 Å². The topological polar surface area (TPSA) is 58.6 Å². The number of ether oxygens (including phenoxy) is 1. The second-order valence-corrected chi connectivity index (χ2v) is 5.16. The van der Waals surface area contributed by atoms with Crippen LogP contribution in [0.4, 0.5) is 5.69 Å². The minimum absolute atomic E-state index is 0.0137. The fourth-order valence-electron chi connectivity index (χ4n) is 2.33. The molecule has 1 aliphatic rings. The summed E-state index contributed by atoms with van der Waals surface area (Å²) in [7, 11) is 0. The Balaban J connectivity index is 1.84. The van der Waals surface area contributed by atoms with E-state index in [1.807, 2.05) is 11.0 Å². The van der Waals surface area contributed by atoms with Crippen molar-refractivity contribution in [3.63, 3.8) is 0 Å². The number of anilines is 1. The maximum atomic E-state index is 12.1. The first-order valence-corrected chi connectivity index (χ1v) is 7.62. The largest absolute Gasteiger partial charge is 0.484 e. The van der Waals surface area contributed by atoms with E-state index in [1.54, 1.807) is 31.2 Å². The van der Waals surface area contributed by atoms with Crippen molar-refractivity contribution in [2.75, 3.05) is 18.5 Å². The van der Waals surface area contributed by atoms with Gasteiger partial charge in [-0.3, -0.25) is 9.59 Å². The number of hydrogen-bond acceptors (Lipinski definition) is 3. The number of carbonyl (C=O) groups excluding carboxylic acids is 2. The van der Waals surface area contributed by atoms with Crippen LogP contribution in [0.2, 0.25) is 0 Å². The summed E-state index contributed by atoms with van der Waals surface area (Å²) in [5.74, 6) is 0.569. The maximum absolute atomic E-state index is 12.1. The zero-order valence-electron chi connectivity index (χ0n) is 13.0. The van der Waals surface area contributed by atoms with Gasteiger partial charge in [-0.1, -0.05) is 26.0 Å². The number of nitrogens with one attached hydrogen (secondary N) is 1. The van der Waals surface area contributed by atoms with Gasteiger partial charge in [0, 0.05) is 18.7 Å². The summed E-state index contributed by atoms with van der Waals surface area (Å²) in [4.78, 5) is 25.2. The zero-order chi connectivity index (χ0) is 15.9. The summed E-state index contributed by atoms with van der Waals surface area (Å²) in [6, 6.07) is 7.21. The van der Waals surface area contributed by atoms with Crippen molar-refractivity contribution in [3.8, 4) is 5.75 Å². The molecule has 5 heteroatoms. The predicted octanol–water partition coefficient (Wildman–Crippen LogP) is 2.59. The van der Waals surface area contributed by atoms with Crippen LogP contribution in [0.15, 0.2) is 36.4 Å². The molecule has 0 fully saturated rings. The van der Waals surface area contributed by atoms with Crippen molar-refractivity contribution < 1.29 is 14.3 Å². The van der Waals surface area contributed by atoms with Crippen LogP contribution >= 0.6 is 0 Å². The number of amides is 2. The lowest BCUT2D eigenvalue weighted by atomic mass is 10.2. The summed E-state index contributed by atoms with van der Waals surface area (Å²) >= 11 is 0. The van der Waals surface area contributed by atoms with E-state index < -0.39 is 0 Å². The zero-order valence-corrected chi connectivity index (χ0v) is 13.0. The smallest absolute Gasteiger partial charge is 0.261 e. The van der Waals surface area contributed by atoms with E-state index >= 15 is 0 Å². The van der Waals surface area contributed by atoms with Gasteiger partial charge in [0.25, 0.3) is 5.91 Å². The average Bonchev–Trinajstić information content (AvgIpc) is 3.02. The normalized spacial score (nSPS) is 16.6. The van der Waals surface area contributed by atoms with Crippen LogP contribution in [0.1, 0.15) is 26.7 Å². The molecule has 0 unspecified atom stereocenters. The van der Waals surface area contributed by atoms with Crippen LogP contribution < -0.4 is 10.1 Å². The summed E-state index contributed by atoms with van der Waals surface area (Å²) in [5, 5.41) is 2.76. The van der Waals surface area contributed by atoms with Gasteiger partial charge in [0.1, 0.15) is 5.75 Å². The van der Waals surface area contributed by atoms with Gasteiger partial charge in [-0.05, 0) is 30.7 Å². The third kappa shape index (κ3) is 4.10. The van der Waals surface area contributed by atoms with Gasteiger partial charge < -0.3 is 15.0 Å². The van der Waals surface area contributed by atoms with Crippen molar-refractivity contribution in [2.45, 2.75) is 32.7 Å². The molecule has 0 saturated heterocycles. The second kappa shape index (κ2) is 7.64. The Labute approximate surface area is 130 Å². The lowest BCUT2D eigenvalue weighted by molar-refractivity contribution is -0.133. The number of benzene rings is 1. The fourth-order valence-corrected chi connectivity index (χ4v) is 2.33. The molecule has 0 spiro atoms. The van der Waals surface area contributed by atoms with Crippen LogP contribution in [0.5, 0.6) is 5.75 Å². The molecule has 1 aliphatic heterocycles. The first-order valence-electron chi connectivity index (χ1n) is 7.62. The Morgan fingerprint density at radius 1 is 1.27 bits per heavy atom. The first-order chi connectivity index (χ1) is 10.6. The molecule has 5 nitrogen and oxygen atoms in total. The highest BCUT2D eigenvalue weighted by Crippen LogP contribution is 2.17. The van der Waals surface area contributed by atoms with Crippen LogP contribution in [0, 0.1) is 0 Å². The van der Waals surface area contributed by atoms with Crippen LogP contribution in [-0.2, 0) is 9.59 Å². The highest BCUT2D eigenvalue weighted by Gasteiger charge is 2.23. The number of hydrogen-bond donors (Lipinski definition) is 1. The SMILES string of the molecule is CCC(=O)Nc1ccc(OCC(=O)N2CC=C[C@H]2CC)cc1. The molecule has 2 rings (SSSR count). The second-order valence-electron chi connectivity index (χ2n) is 5.16. The third-order valence-electron chi connectivity index (χ3n) is 3.62. The lowest BCUT2D eigenvalue weighted by Crippen LogP contribution is -2.38. The molecule has 0 aliphatic carbocycles. The van der Waals surface area contributed by atoms with E-state index in [9.17, 15) is 9.59 Å². The summed E-state index contributed by atoms with van der Waals surface area (Å²) in [5.41, 5.74) is 0.723. The Kier molecular flexibility index (Phi) is 5.58. The standard InChI is InChI=1S/C17H22N2O3/c1-3-14-6-5-11-19(14)17(21)12-22-15-9-7-13(8-10-15)18-16(20)4-2/h5-10,14H,3-4,11-12H2,1-2H3,(H,18,20)/t14-/m1/s1. The fraction of sp³-hybridized carbons (Fsp3) is 0.412. The number of rotatable bonds is 6. The molecule has 1 aromatic rings. The molecule has 0 bridgehead atoms. The van der Waals surface area contributed by atoms with Gasteiger partial charge in [0.15, 0.2) is 6.61 Å². The molecule has 0 radical (unpaired) electrons. The van der Waals surface area contributed by atoms with Gasteiger partial charge >= 0.3 is 0 Å². The molecular formula is C17H22N2O3. The Morgan fingerprint density at radius 2 is 2.00 bits per heavy atom. The monoisotopic (exact) mass is 302 g/mol. The van der Waals surface area contributed by atoms with Crippen molar-refractivity contribution in [2.24, 2.45) is 0 Å². The van der Waals surface area contributed by atoms with Crippen molar-refractivity contribution in [3.05, 3.63) is 36.4 Å². The van der Waals surface area contributed by atoms with Crippen LogP contribution in [0.25, 0.3) is 0 Å². The van der Waals surface area contributed by atoms with E-state index in [1.165, 1.54) is 0 Å². The molecule has 1 aromatic carbocycles.